The molecule has 0 rings (SSSR count). The lowest BCUT2D eigenvalue weighted by atomic mass is 10.00. The first-order valence-electron chi connectivity index (χ1n) is 31.4. The van der Waals surface area contributed by atoms with E-state index in [0.29, 0.717) is 19.3 Å². The Morgan fingerprint density at radius 3 is 0.900 bits per heavy atom. The summed E-state index contributed by atoms with van der Waals surface area (Å²) < 4.78 is 0. The molecule has 0 saturated carbocycles. The van der Waals surface area contributed by atoms with Crippen LogP contribution >= 0.6 is 0 Å². The third-order valence-electron chi connectivity index (χ3n) is 14.8. The second-order valence-electron chi connectivity index (χ2n) is 21.7. The van der Waals surface area contributed by atoms with Crippen LogP contribution in [0.25, 0.3) is 0 Å². The maximum Gasteiger partial charge on any atom is 0.249 e. The number of aliphatic hydroxyl groups excluding tert-OH is 4. The fraction of sp³-hybridized carbons (Fsp3) is 0.891. The van der Waals surface area contributed by atoms with Crippen molar-refractivity contribution in [1.29, 1.82) is 0 Å². The molecule has 4 unspecified atom stereocenters. The third kappa shape index (κ3) is 51.4. The molecule has 0 saturated heterocycles. The summed E-state index contributed by atoms with van der Waals surface area (Å²) >= 11 is 0. The number of carbonyl (C=O) groups is 1. The van der Waals surface area contributed by atoms with Gasteiger partial charge in [-0.2, -0.15) is 0 Å². The Morgan fingerprint density at radius 1 is 0.343 bits per heavy atom. The third-order valence-corrected chi connectivity index (χ3v) is 14.8. The summed E-state index contributed by atoms with van der Waals surface area (Å²) in [5.74, 6) is -0.594. The standard InChI is InChI=1S/C64H123NO5/c1-3-5-7-9-11-13-15-17-19-21-23-25-27-29-31-33-35-37-39-41-43-45-47-49-51-53-55-57-61(67)63(69)60(59-66)65-64(70)62(68)58-56-54-52-50-48-46-44-42-40-38-36-34-32-30-28-26-24-22-20-18-16-14-12-10-8-6-4-2/h33,35,41,43,49,51,60-63,66-69H,3-32,34,36-40,42,44-48,50,52-59H2,1-2H3,(H,65,70)/b35-33+,43-41+,51-49+. The van der Waals surface area contributed by atoms with Crippen molar-refractivity contribution in [2.75, 3.05) is 6.61 Å². The summed E-state index contributed by atoms with van der Waals surface area (Å²) in [4.78, 5) is 12.6. The van der Waals surface area contributed by atoms with Crippen molar-refractivity contribution in [1.82, 2.24) is 5.32 Å². The van der Waals surface area contributed by atoms with Crippen LogP contribution in [-0.2, 0) is 4.79 Å². The molecule has 0 spiro atoms. The van der Waals surface area contributed by atoms with Crippen molar-refractivity contribution < 1.29 is 25.2 Å². The number of aliphatic hydroxyl groups is 4. The van der Waals surface area contributed by atoms with Crippen LogP contribution in [0.3, 0.4) is 0 Å². The van der Waals surface area contributed by atoms with Crippen LogP contribution in [0, 0.1) is 0 Å². The van der Waals surface area contributed by atoms with Crippen molar-refractivity contribution in [2.24, 2.45) is 0 Å². The van der Waals surface area contributed by atoms with Gasteiger partial charge in [0.25, 0.3) is 0 Å². The van der Waals surface area contributed by atoms with Crippen LogP contribution in [0.15, 0.2) is 36.5 Å². The molecule has 0 radical (unpaired) electrons. The highest BCUT2D eigenvalue weighted by Crippen LogP contribution is 2.18. The molecule has 0 aliphatic rings. The Labute approximate surface area is 437 Å². The predicted octanol–water partition coefficient (Wildman–Crippen LogP) is 18.8. The SMILES string of the molecule is CCCCCCCCCCCCCCCC/C=C/CC/C=C/CC/C=C/CCCC(O)C(O)C(CO)NC(=O)C(O)CCCCCCCCCCCCCCCCCCCCCCCCCCCCC. The number of hydrogen-bond acceptors (Lipinski definition) is 5. The second kappa shape index (κ2) is 58.4. The zero-order valence-electron chi connectivity index (χ0n) is 47.0. The minimum absolute atomic E-state index is 0.362. The van der Waals surface area contributed by atoms with Crippen LogP contribution < -0.4 is 5.32 Å². The Balaban J connectivity index is 3.65. The van der Waals surface area contributed by atoms with Gasteiger partial charge in [-0.1, -0.05) is 307 Å². The minimum Gasteiger partial charge on any atom is -0.394 e. The zero-order valence-corrected chi connectivity index (χ0v) is 47.0. The van der Waals surface area contributed by atoms with Crippen LogP contribution in [0.4, 0.5) is 0 Å². The lowest BCUT2D eigenvalue weighted by Crippen LogP contribution is -2.53. The van der Waals surface area contributed by atoms with E-state index < -0.39 is 36.9 Å². The van der Waals surface area contributed by atoms with E-state index in [9.17, 15) is 25.2 Å². The van der Waals surface area contributed by atoms with Gasteiger partial charge in [-0.25, -0.2) is 0 Å². The van der Waals surface area contributed by atoms with Gasteiger partial charge in [0.1, 0.15) is 12.2 Å². The van der Waals surface area contributed by atoms with Crippen molar-refractivity contribution >= 4 is 5.91 Å². The molecule has 6 nitrogen and oxygen atoms in total. The molecule has 0 aliphatic heterocycles. The second-order valence-corrected chi connectivity index (χ2v) is 21.7. The number of unbranched alkanes of at least 4 members (excludes halogenated alkanes) is 43. The Morgan fingerprint density at radius 2 is 0.600 bits per heavy atom. The number of carbonyl (C=O) groups excluding carboxylic acids is 1. The molecular weight excluding hydrogens is 863 g/mol. The molecule has 414 valence electrons. The summed E-state index contributed by atoms with van der Waals surface area (Å²) in [5, 5.41) is 44.1. The van der Waals surface area contributed by atoms with Gasteiger partial charge in [0.05, 0.1) is 18.8 Å². The quantitative estimate of drug-likeness (QED) is 0.0308. The molecule has 4 atom stereocenters. The highest BCUT2D eigenvalue weighted by molar-refractivity contribution is 5.80. The van der Waals surface area contributed by atoms with E-state index in [2.05, 4.69) is 55.6 Å². The lowest BCUT2D eigenvalue weighted by Gasteiger charge is -2.27. The molecule has 0 aromatic carbocycles. The maximum atomic E-state index is 12.6. The molecule has 0 bridgehead atoms. The first kappa shape index (κ1) is 68.5. The first-order valence-corrected chi connectivity index (χ1v) is 31.4. The minimum atomic E-state index is -1.29. The van der Waals surface area contributed by atoms with Gasteiger partial charge < -0.3 is 25.7 Å². The van der Waals surface area contributed by atoms with Gasteiger partial charge in [-0.15, -0.1) is 0 Å². The molecule has 0 aliphatic carbocycles. The van der Waals surface area contributed by atoms with Gasteiger partial charge in [-0.3, -0.25) is 4.79 Å². The molecule has 1 amide bonds. The summed E-state index contributed by atoms with van der Waals surface area (Å²) in [5.41, 5.74) is 0. The number of hydrogen-bond donors (Lipinski definition) is 5. The van der Waals surface area contributed by atoms with Crippen molar-refractivity contribution in [3.05, 3.63) is 36.5 Å². The summed E-state index contributed by atoms with van der Waals surface area (Å²) in [6.45, 7) is 4.08. The summed E-state index contributed by atoms with van der Waals surface area (Å²) in [6, 6.07) is -1.01. The topological polar surface area (TPSA) is 110 Å². The molecule has 70 heavy (non-hydrogen) atoms. The van der Waals surface area contributed by atoms with E-state index in [1.165, 1.54) is 250 Å². The Kier molecular flexibility index (Phi) is 57.2. The zero-order chi connectivity index (χ0) is 50.9. The normalized spacial score (nSPS) is 13.9. The fourth-order valence-electron chi connectivity index (χ4n) is 9.91. The van der Waals surface area contributed by atoms with Gasteiger partial charge >= 0.3 is 0 Å². The summed E-state index contributed by atoms with van der Waals surface area (Å²) in [7, 11) is 0. The van der Waals surface area contributed by atoms with Gasteiger partial charge in [-0.05, 0) is 64.2 Å². The van der Waals surface area contributed by atoms with E-state index in [1.54, 1.807) is 0 Å². The molecule has 5 N–H and O–H groups in total. The number of amides is 1. The van der Waals surface area contributed by atoms with Crippen LogP contribution in [0.1, 0.15) is 335 Å². The average Bonchev–Trinajstić information content (AvgIpc) is 3.36. The van der Waals surface area contributed by atoms with Crippen LogP contribution in [-0.4, -0.2) is 57.3 Å². The van der Waals surface area contributed by atoms with E-state index in [1.807, 2.05) is 0 Å². The van der Waals surface area contributed by atoms with Gasteiger partial charge in [0.2, 0.25) is 5.91 Å². The van der Waals surface area contributed by atoms with E-state index in [0.717, 1.165) is 51.4 Å². The maximum absolute atomic E-state index is 12.6. The Bertz CT molecular complexity index is 1110. The highest BCUT2D eigenvalue weighted by atomic mass is 16.3. The molecule has 0 fully saturated rings. The van der Waals surface area contributed by atoms with Gasteiger partial charge in [0, 0.05) is 0 Å². The largest absolute Gasteiger partial charge is 0.394 e. The van der Waals surface area contributed by atoms with Crippen molar-refractivity contribution in [3.63, 3.8) is 0 Å². The lowest BCUT2D eigenvalue weighted by molar-refractivity contribution is -0.132. The van der Waals surface area contributed by atoms with Crippen LogP contribution in [0.2, 0.25) is 0 Å². The fourth-order valence-corrected chi connectivity index (χ4v) is 9.91. The van der Waals surface area contributed by atoms with E-state index in [-0.39, 0.29) is 0 Å². The Hall–Kier alpha value is -1.47. The molecular formula is C64H123NO5. The first-order chi connectivity index (χ1) is 34.5. The molecule has 6 heteroatoms. The monoisotopic (exact) mass is 986 g/mol. The number of rotatable bonds is 58. The smallest absolute Gasteiger partial charge is 0.249 e. The average molecular weight is 987 g/mol. The van der Waals surface area contributed by atoms with Gasteiger partial charge in [0.15, 0.2) is 0 Å². The van der Waals surface area contributed by atoms with Crippen molar-refractivity contribution in [3.8, 4) is 0 Å². The number of nitrogens with one attached hydrogen (secondary N) is 1. The van der Waals surface area contributed by atoms with Crippen LogP contribution in [0.5, 0.6) is 0 Å². The number of allylic oxidation sites excluding steroid dienone is 6. The molecule has 0 aromatic heterocycles. The highest BCUT2D eigenvalue weighted by Gasteiger charge is 2.28. The van der Waals surface area contributed by atoms with E-state index in [4.69, 9.17) is 0 Å². The summed E-state index contributed by atoms with van der Waals surface area (Å²) in [6.07, 6.45) is 73.8. The predicted molar refractivity (Wildman–Crippen MR) is 307 cm³/mol. The molecule has 0 aromatic rings. The molecule has 0 heterocycles. The van der Waals surface area contributed by atoms with Crippen molar-refractivity contribution in [2.45, 2.75) is 359 Å². The van der Waals surface area contributed by atoms with E-state index >= 15 is 0 Å².